The fourth-order valence-electron chi connectivity index (χ4n) is 2.25. The molecule has 2 rings (SSSR count). The van der Waals surface area contributed by atoms with Crippen LogP contribution in [-0.2, 0) is 11.2 Å². The van der Waals surface area contributed by atoms with Crippen molar-refractivity contribution in [3.8, 4) is 0 Å². The van der Waals surface area contributed by atoms with Crippen molar-refractivity contribution in [2.24, 2.45) is 5.73 Å². The summed E-state index contributed by atoms with van der Waals surface area (Å²) in [7, 11) is 0. The number of aryl methyl sites for hydroxylation is 1. The number of nitrogens with two attached hydrogens (primary N) is 1. The van der Waals surface area contributed by atoms with Gasteiger partial charge in [0.25, 0.3) is 0 Å². The molecule has 19 heavy (non-hydrogen) atoms. The summed E-state index contributed by atoms with van der Waals surface area (Å²) in [5, 5.41) is 0. The molecule has 0 spiro atoms. The Bertz CT molecular complexity index is 426. The van der Waals surface area contributed by atoms with Crippen molar-refractivity contribution in [1.82, 2.24) is 4.90 Å². The van der Waals surface area contributed by atoms with Crippen molar-refractivity contribution in [2.45, 2.75) is 37.8 Å². The molecule has 0 heterocycles. The Morgan fingerprint density at radius 3 is 2.68 bits per heavy atom. The van der Waals surface area contributed by atoms with Gasteiger partial charge in [0.1, 0.15) is 0 Å². The Morgan fingerprint density at radius 2 is 2.11 bits per heavy atom. The van der Waals surface area contributed by atoms with Crippen LogP contribution in [0, 0.1) is 0 Å². The van der Waals surface area contributed by atoms with E-state index in [4.69, 9.17) is 5.73 Å². The summed E-state index contributed by atoms with van der Waals surface area (Å²) in [4.78, 5) is 14.2. The number of amides is 1. The summed E-state index contributed by atoms with van der Waals surface area (Å²) in [5.41, 5.74) is 7.27. The van der Waals surface area contributed by atoms with E-state index < -0.39 is 6.04 Å². The molecule has 1 unspecified atom stereocenters. The molecule has 3 nitrogen and oxygen atoms in total. The number of hydrogen-bond acceptors (Lipinski definition) is 2. The zero-order chi connectivity index (χ0) is 13.7. The van der Waals surface area contributed by atoms with Gasteiger partial charge in [0.15, 0.2) is 0 Å². The highest BCUT2D eigenvalue weighted by molar-refractivity contribution is 5.82. The molecule has 1 aromatic rings. The first-order valence-electron chi connectivity index (χ1n) is 6.93. The van der Waals surface area contributed by atoms with Crippen LogP contribution in [0.15, 0.2) is 43.0 Å². The van der Waals surface area contributed by atoms with Crippen LogP contribution in [0.4, 0.5) is 0 Å². The zero-order valence-corrected chi connectivity index (χ0v) is 11.3. The van der Waals surface area contributed by atoms with Gasteiger partial charge in [0.05, 0.1) is 6.04 Å². The molecule has 0 aliphatic heterocycles. The van der Waals surface area contributed by atoms with Gasteiger partial charge in [-0.1, -0.05) is 36.4 Å². The lowest BCUT2D eigenvalue weighted by Gasteiger charge is -2.24. The summed E-state index contributed by atoms with van der Waals surface area (Å²) in [6.07, 6.45) is 5.53. The molecule has 1 saturated carbocycles. The lowest BCUT2D eigenvalue weighted by Crippen LogP contribution is -2.45. The Morgan fingerprint density at radius 1 is 1.42 bits per heavy atom. The molecule has 1 aliphatic rings. The summed E-state index contributed by atoms with van der Waals surface area (Å²) < 4.78 is 0. The number of benzene rings is 1. The first-order valence-corrected chi connectivity index (χ1v) is 6.93. The van der Waals surface area contributed by atoms with Crippen LogP contribution in [0.1, 0.15) is 24.8 Å². The minimum absolute atomic E-state index is 0.0679. The van der Waals surface area contributed by atoms with Gasteiger partial charge in [0.2, 0.25) is 5.91 Å². The smallest absolute Gasteiger partial charge is 0.240 e. The maximum atomic E-state index is 12.3. The predicted octanol–water partition coefficient (Wildman–Crippen LogP) is 2.12. The second-order valence-corrected chi connectivity index (χ2v) is 5.14. The minimum Gasteiger partial charge on any atom is -0.335 e. The molecule has 102 valence electrons. The monoisotopic (exact) mass is 258 g/mol. The first kappa shape index (κ1) is 13.8. The van der Waals surface area contributed by atoms with E-state index in [1.807, 2.05) is 23.1 Å². The highest BCUT2D eigenvalue weighted by atomic mass is 16.2. The maximum Gasteiger partial charge on any atom is 0.240 e. The maximum absolute atomic E-state index is 12.3. The van der Waals surface area contributed by atoms with Crippen molar-refractivity contribution in [3.05, 3.63) is 48.6 Å². The molecule has 0 saturated heterocycles. The first-order chi connectivity index (χ1) is 9.22. The third-order valence-electron chi connectivity index (χ3n) is 3.50. The largest absolute Gasteiger partial charge is 0.335 e. The van der Waals surface area contributed by atoms with E-state index in [9.17, 15) is 4.79 Å². The van der Waals surface area contributed by atoms with Gasteiger partial charge in [-0.05, 0) is 31.2 Å². The highest BCUT2D eigenvalue weighted by Gasteiger charge is 2.33. The molecular formula is C16H22N2O. The summed E-state index contributed by atoms with van der Waals surface area (Å²) in [6, 6.07) is 10.1. The van der Waals surface area contributed by atoms with Crippen molar-refractivity contribution in [1.29, 1.82) is 0 Å². The second kappa shape index (κ2) is 6.53. The van der Waals surface area contributed by atoms with Crippen molar-refractivity contribution in [2.75, 3.05) is 6.54 Å². The lowest BCUT2D eigenvalue weighted by molar-refractivity contribution is -0.132. The topological polar surface area (TPSA) is 46.3 Å². The highest BCUT2D eigenvalue weighted by Crippen LogP contribution is 2.27. The Balaban J connectivity index is 1.86. The molecule has 1 fully saturated rings. The SMILES string of the molecule is C=CCN(C(=O)C(N)CCc1ccccc1)C1CC1. The van der Waals surface area contributed by atoms with Crippen LogP contribution in [0.5, 0.6) is 0 Å². The van der Waals surface area contributed by atoms with E-state index in [-0.39, 0.29) is 5.91 Å². The van der Waals surface area contributed by atoms with E-state index in [1.165, 1.54) is 5.56 Å². The van der Waals surface area contributed by atoms with Crippen LogP contribution in [0.2, 0.25) is 0 Å². The number of rotatable bonds is 7. The van der Waals surface area contributed by atoms with Gasteiger partial charge >= 0.3 is 0 Å². The van der Waals surface area contributed by atoms with Gasteiger partial charge < -0.3 is 10.6 Å². The van der Waals surface area contributed by atoms with Crippen molar-refractivity contribution >= 4 is 5.91 Å². The van der Waals surface area contributed by atoms with Gasteiger partial charge in [-0.2, -0.15) is 0 Å². The van der Waals surface area contributed by atoms with Gasteiger partial charge in [-0.15, -0.1) is 6.58 Å². The van der Waals surface area contributed by atoms with E-state index in [0.717, 1.165) is 19.3 Å². The molecule has 1 aliphatic carbocycles. The van der Waals surface area contributed by atoms with E-state index in [2.05, 4.69) is 18.7 Å². The zero-order valence-electron chi connectivity index (χ0n) is 11.3. The Hall–Kier alpha value is -1.61. The number of hydrogen-bond donors (Lipinski definition) is 1. The third kappa shape index (κ3) is 3.93. The van der Waals surface area contributed by atoms with E-state index in [0.29, 0.717) is 19.0 Å². The molecule has 0 aromatic heterocycles. The minimum atomic E-state index is -0.402. The van der Waals surface area contributed by atoms with Crippen LogP contribution in [-0.4, -0.2) is 29.4 Å². The number of carbonyl (C=O) groups excluding carboxylic acids is 1. The van der Waals surface area contributed by atoms with Crippen LogP contribution in [0.25, 0.3) is 0 Å². The summed E-state index contributed by atoms with van der Waals surface area (Å²) in [6.45, 7) is 4.32. The van der Waals surface area contributed by atoms with Gasteiger partial charge in [-0.3, -0.25) is 4.79 Å². The molecule has 0 bridgehead atoms. The van der Waals surface area contributed by atoms with Crippen LogP contribution < -0.4 is 5.73 Å². The van der Waals surface area contributed by atoms with Crippen LogP contribution in [0.3, 0.4) is 0 Å². The molecule has 1 atom stereocenters. The summed E-state index contributed by atoms with van der Waals surface area (Å²) >= 11 is 0. The van der Waals surface area contributed by atoms with E-state index >= 15 is 0 Å². The molecule has 1 aromatic carbocycles. The van der Waals surface area contributed by atoms with Crippen LogP contribution >= 0.6 is 0 Å². The van der Waals surface area contributed by atoms with Gasteiger partial charge in [-0.25, -0.2) is 0 Å². The second-order valence-electron chi connectivity index (χ2n) is 5.14. The molecule has 2 N–H and O–H groups in total. The van der Waals surface area contributed by atoms with Gasteiger partial charge in [0, 0.05) is 12.6 Å². The Labute approximate surface area is 115 Å². The molecule has 0 radical (unpaired) electrons. The fourth-order valence-corrected chi connectivity index (χ4v) is 2.25. The lowest BCUT2D eigenvalue weighted by atomic mass is 10.0. The molecular weight excluding hydrogens is 236 g/mol. The molecule has 1 amide bonds. The quantitative estimate of drug-likeness (QED) is 0.761. The van der Waals surface area contributed by atoms with Crippen molar-refractivity contribution < 1.29 is 4.79 Å². The Kier molecular flexibility index (Phi) is 4.74. The standard InChI is InChI=1S/C16H22N2O/c1-2-12-18(14-9-10-14)16(19)15(17)11-8-13-6-4-3-5-7-13/h2-7,14-15H,1,8-12,17H2. The fraction of sp³-hybridized carbons (Fsp3) is 0.438. The number of carbonyl (C=O) groups is 1. The van der Waals surface area contributed by atoms with E-state index in [1.54, 1.807) is 6.08 Å². The summed E-state index contributed by atoms with van der Waals surface area (Å²) in [5.74, 6) is 0.0679. The number of nitrogens with zero attached hydrogens (tertiary/aromatic N) is 1. The average Bonchev–Trinajstić information content (AvgIpc) is 3.27. The predicted molar refractivity (Wildman–Crippen MR) is 77.7 cm³/mol. The normalized spacial score (nSPS) is 15.8. The molecule has 3 heteroatoms. The third-order valence-corrected chi connectivity index (χ3v) is 3.50. The van der Waals surface area contributed by atoms with Crippen molar-refractivity contribution in [3.63, 3.8) is 0 Å². The average molecular weight is 258 g/mol.